The molecule has 2 amide bonds. The molecule has 0 atom stereocenters. The number of phenolic OH excluding ortho intramolecular Hbond substituents is 2. The molecule has 0 aliphatic rings. The molecule has 0 bridgehead atoms. The van der Waals surface area contributed by atoms with Gasteiger partial charge >= 0.3 is 0 Å². The zero-order valence-electron chi connectivity index (χ0n) is 12.9. The molecular weight excluding hydrogens is 308 g/mol. The molecule has 2 aromatic rings. The van der Waals surface area contributed by atoms with Crippen LogP contribution >= 0.6 is 0 Å². The quantitative estimate of drug-likeness (QED) is 0.479. The Morgan fingerprint density at radius 2 is 1.54 bits per heavy atom. The fourth-order valence-corrected chi connectivity index (χ4v) is 1.99. The van der Waals surface area contributed by atoms with Gasteiger partial charge in [0.05, 0.1) is 0 Å². The van der Waals surface area contributed by atoms with E-state index < -0.39 is 5.91 Å². The van der Waals surface area contributed by atoms with Crippen molar-refractivity contribution in [3.05, 3.63) is 65.7 Å². The minimum atomic E-state index is -0.449. The number of aromatic hydroxyl groups is 2. The van der Waals surface area contributed by atoms with Gasteiger partial charge in [-0.05, 0) is 23.8 Å². The molecule has 2 rings (SSSR count). The van der Waals surface area contributed by atoms with E-state index in [9.17, 15) is 19.8 Å². The summed E-state index contributed by atoms with van der Waals surface area (Å²) in [6.45, 7) is 0.481. The number of amides is 2. The molecule has 2 aromatic carbocycles. The van der Waals surface area contributed by atoms with Crippen molar-refractivity contribution in [1.29, 1.82) is 0 Å². The number of benzene rings is 2. The highest BCUT2D eigenvalue weighted by Crippen LogP contribution is 2.20. The summed E-state index contributed by atoms with van der Waals surface area (Å²) in [5.74, 6) is -1.10. The Morgan fingerprint density at radius 1 is 0.917 bits per heavy atom. The molecule has 0 saturated heterocycles. The van der Waals surface area contributed by atoms with Gasteiger partial charge in [-0.3, -0.25) is 9.59 Å². The second-order valence-electron chi connectivity index (χ2n) is 5.03. The zero-order valence-corrected chi connectivity index (χ0v) is 12.9. The summed E-state index contributed by atoms with van der Waals surface area (Å²) in [6, 6.07) is 13.1. The third-order valence-corrected chi connectivity index (χ3v) is 3.10. The normalized spacial score (nSPS) is 10.5. The van der Waals surface area contributed by atoms with E-state index in [1.807, 2.05) is 30.3 Å². The maximum absolute atomic E-state index is 11.8. The summed E-state index contributed by atoms with van der Waals surface area (Å²) in [7, 11) is 0. The van der Waals surface area contributed by atoms with Crippen molar-refractivity contribution in [2.45, 2.75) is 0 Å². The third kappa shape index (κ3) is 5.49. The van der Waals surface area contributed by atoms with Crippen molar-refractivity contribution in [2.24, 2.45) is 0 Å². The Labute approximate surface area is 139 Å². The molecule has 0 aliphatic carbocycles. The summed E-state index contributed by atoms with van der Waals surface area (Å²) >= 11 is 0. The maximum atomic E-state index is 11.8. The van der Waals surface area contributed by atoms with Gasteiger partial charge in [-0.2, -0.15) is 0 Å². The largest absolute Gasteiger partial charge is 0.508 e. The monoisotopic (exact) mass is 326 g/mol. The first-order chi connectivity index (χ1) is 11.5. The topological polar surface area (TPSA) is 98.7 Å². The summed E-state index contributed by atoms with van der Waals surface area (Å²) in [6.07, 6.45) is 3.12. The van der Waals surface area contributed by atoms with Gasteiger partial charge in [-0.25, -0.2) is 0 Å². The molecule has 124 valence electrons. The van der Waals surface area contributed by atoms with Crippen LogP contribution in [0.2, 0.25) is 0 Å². The Kier molecular flexibility index (Phi) is 5.96. The van der Waals surface area contributed by atoms with Crippen LogP contribution in [0.25, 0.3) is 6.08 Å². The SMILES string of the molecule is O=C(/C=C/c1ccccc1)NCCNC(=O)c1cc(O)cc(O)c1. The van der Waals surface area contributed by atoms with Gasteiger partial charge in [-0.1, -0.05) is 30.3 Å². The van der Waals surface area contributed by atoms with Crippen LogP contribution in [0.5, 0.6) is 11.5 Å². The van der Waals surface area contributed by atoms with E-state index in [2.05, 4.69) is 10.6 Å². The summed E-state index contributed by atoms with van der Waals surface area (Å²) in [5.41, 5.74) is 1.06. The summed E-state index contributed by atoms with van der Waals surface area (Å²) in [4.78, 5) is 23.5. The average molecular weight is 326 g/mol. The van der Waals surface area contributed by atoms with Crippen LogP contribution in [-0.2, 0) is 4.79 Å². The lowest BCUT2D eigenvalue weighted by Gasteiger charge is -2.06. The number of nitrogens with one attached hydrogen (secondary N) is 2. The second-order valence-corrected chi connectivity index (χ2v) is 5.03. The van der Waals surface area contributed by atoms with Crippen molar-refractivity contribution < 1.29 is 19.8 Å². The maximum Gasteiger partial charge on any atom is 0.251 e. The molecule has 0 saturated carbocycles. The Bertz CT molecular complexity index is 722. The third-order valence-electron chi connectivity index (χ3n) is 3.10. The molecule has 6 nitrogen and oxygen atoms in total. The number of rotatable bonds is 6. The lowest BCUT2D eigenvalue weighted by molar-refractivity contribution is -0.116. The number of carbonyl (C=O) groups is 2. The molecule has 0 unspecified atom stereocenters. The molecule has 0 fully saturated rings. The highest BCUT2D eigenvalue weighted by atomic mass is 16.3. The van der Waals surface area contributed by atoms with Gasteiger partial charge in [0.2, 0.25) is 5.91 Å². The van der Waals surface area contributed by atoms with Gasteiger partial charge in [0, 0.05) is 30.8 Å². The molecule has 0 heterocycles. The fraction of sp³-hybridized carbons (Fsp3) is 0.111. The molecule has 0 aliphatic heterocycles. The lowest BCUT2D eigenvalue weighted by atomic mass is 10.2. The predicted octanol–water partition coefficient (Wildman–Crippen LogP) is 1.66. The fourth-order valence-electron chi connectivity index (χ4n) is 1.99. The molecule has 4 N–H and O–H groups in total. The van der Waals surface area contributed by atoms with Crippen molar-refractivity contribution in [3.8, 4) is 11.5 Å². The number of hydrogen-bond acceptors (Lipinski definition) is 4. The molecule has 6 heteroatoms. The Balaban J connectivity index is 1.73. The molecule has 0 aromatic heterocycles. The standard InChI is InChI=1S/C18H18N2O4/c21-15-10-14(11-16(22)12-15)18(24)20-9-8-19-17(23)7-6-13-4-2-1-3-5-13/h1-7,10-12,21-22H,8-9H2,(H,19,23)(H,20,24)/b7-6+. The van der Waals surface area contributed by atoms with Crippen LogP contribution in [0.4, 0.5) is 0 Å². The van der Waals surface area contributed by atoms with E-state index in [4.69, 9.17) is 0 Å². The Hall–Kier alpha value is -3.28. The van der Waals surface area contributed by atoms with E-state index in [0.29, 0.717) is 0 Å². The van der Waals surface area contributed by atoms with Crippen molar-refractivity contribution in [3.63, 3.8) is 0 Å². The van der Waals surface area contributed by atoms with Crippen LogP contribution in [-0.4, -0.2) is 35.1 Å². The van der Waals surface area contributed by atoms with Crippen LogP contribution in [0.3, 0.4) is 0 Å². The highest BCUT2D eigenvalue weighted by molar-refractivity contribution is 5.95. The summed E-state index contributed by atoms with van der Waals surface area (Å²) in [5, 5.41) is 23.9. The first-order valence-corrected chi connectivity index (χ1v) is 7.37. The summed E-state index contributed by atoms with van der Waals surface area (Å²) < 4.78 is 0. The van der Waals surface area contributed by atoms with E-state index >= 15 is 0 Å². The van der Waals surface area contributed by atoms with Crippen molar-refractivity contribution in [1.82, 2.24) is 10.6 Å². The first kappa shape index (κ1) is 17.1. The first-order valence-electron chi connectivity index (χ1n) is 7.37. The van der Waals surface area contributed by atoms with E-state index in [1.165, 1.54) is 18.2 Å². The average Bonchev–Trinajstić information content (AvgIpc) is 2.56. The minimum absolute atomic E-state index is 0.141. The van der Waals surface area contributed by atoms with E-state index in [0.717, 1.165) is 11.6 Å². The van der Waals surface area contributed by atoms with Crippen LogP contribution in [0.15, 0.2) is 54.6 Å². The van der Waals surface area contributed by atoms with Gasteiger partial charge in [-0.15, -0.1) is 0 Å². The van der Waals surface area contributed by atoms with Crippen LogP contribution < -0.4 is 10.6 Å². The zero-order chi connectivity index (χ0) is 17.4. The van der Waals surface area contributed by atoms with Crippen LogP contribution in [0.1, 0.15) is 15.9 Å². The molecule has 0 radical (unpaired) electrons. The second kappa shape index (κ2) is 8.38. The smallest absolute Gasteiger partial charge is 0.251 e. The van der Waals surface area contributed by atoms with Crippen molar-refractivity contribution >= 4 is 17.9 Å². The molecule has 0 spiro atoms. The van der Waals surface area contributed by atoms with Gasteiger partial charge in [0.15, 0.2) is 0 Å². The van der Waals surface area contributed by atoms with E-state index in [-0.39, 0.29) is 36.1 Å². The number of carbonyl (C=O) groups excluding carboxylic acids is 2. The number of hydrogen-bond donors (Lipinski definition) is 4. The van der Waals surface area contributed by atoms with E-state index in [1.54, 1.807) is 6.08 Å². The Morgan fingerprint density at radius 3 is 2.21 bits per heavy atom. The van der Waals surface area contributed by atoms with Crippen molar-refractivity contribution in [2.75, 3.05) is 13.1 Å². The molecular formula is C18H18N2O4. The van der Waals surface area contributed by atoms with Gasteiger partial charge < -0.3 is 20.8 Å². The predicted molar refractivity (Wildman–Crippen MR) is 90.6 cm³/mol. The number of phenols is 2. The molecule has 24 heavy (non-hydrogen) atoms. The van der Waals surface area contributed by atoms with Crippen LogP contribution in [0, 0.1) is 0 Å². The highest BCUT2D eigenvalue weighted by Gasteiger charge is 2.07. The van der Waals surface area contributed by atoms with Gasteiger partial charge in [0.1, 0.15) is 11.5 Å². The lowest BCUT2D eigenvalue weighted by Crippen LogP contribution is -2.33. The van der Waals surface area contributed by atoms with Gasteiger partial charge in [0.25, 0.3) is 5.91 Å². The minimum Gasteiger partial charge on any atom is -0.508 e.